The molecule has 0 N–H and O–H groups in total. The Labute approximate surface area is 184 Å². The molecule has 2 aliphatic rings. The average molecular weight is 435 g/mol. The Morgan fingerprint density at radius 3 is 2.58 bits per heavy atom. The van der Waals surface area contributed by atoms with Crippen molar-refractivity contribution in [3.63, 3.8) is 0 Å². The van der Waals surface area contributed by atoms with E-state index >= 15 is 0 Å². The minimum atomic E-state index is -0.736. The predicted molar refractivity (Wildman–Crippen MR) is 114 cm³/mol. The highest BCUT2D eigenvalue weighted by molar-refractivity contribution is 5.78. The van der Waals surface area contributed by atoms with Gasteiger partial charge in [0.2, 0.25) is 6.29 Å². The quantitative estimate of drug-likeness (QED) is 0.302. The molecule has 7 nitrogen and oxygen atoms in total. The number of ether oxygens (including phenoxy) is 4. The molecule has 1 saturated heterocycles. The van der Waals surface area contributed by atoms with Crippen LogP contribution < -0.4 is 0 Å². The lowest BCUT2D eigenvalue weighted by Crippen LogP contribution is -2.44. The molecule has 0 saturated carbocycles. The first-order chi connectivity index (χ1) is 14.6. The molecule has 1 fully saturated rings. The van der Waals surface area contributed by atoms with E-state index in [-0.39, 0.29) is 24.0 Å². The van der Waals surface area contributed by atoms with Crippen LogP contribution in [0.2, 0.25) is 0 Å². The van der Waals surface area contributed by atoms with Crippen molar-refractivity contribution < 1.29 is 33.3 Å². The summed E-state index contributed by atoms with van der Waals surface area (Å²) in [4.78, 5) is 35.4. The molecule has 2 heterocycles. The number of allylic oxidation sites excluding steroid dienone is 1. The van der Waals surface area contributed by atoms with Crippen LogP contribution in [-0.4, -0.2) is 36.4 Å². The summed E-state index contributed by atoms with van der Waals surface area (Å²) in [7, 11) is 0. The molecule has 0 aromatic rings. The molecule has 5 atom stereocenters. The summed E-state index contributed by atoms with van der Waals surface area (Å²) in [5.41, 5.74) is 2.79. The number of hydrogen-bond acceptors (Lipinski definition) is 7. The monoisotopic (exact) mass is 434 g/mol. The van der Waals surface area contributed by atoms with Gasteiger partial charge in [0.15, 0.2) is 0 Å². The maximum Gasteiger partial charge on any atom is 0.314 e. The third kappa shape index (κ3) is 7.26. The van der Waals surface area contributed by atoms with Crippen LogP contribution in [0, 0.1) is 11.8 Å². The Hall–Kier alpha value is -2.57. The van der Waals surface area contributed by atoms with Gasteiger partial charge < -0.3 is 18.9 Å². The molecule has 2 rings (SSSR count). The highest BCUT2D eigenvalue weighted by Gasteiger charge is 2.46. The number of hydrogen-bond donors (Lipinski definition) is 0. The molecule has 0 bridgehead atoms. The summed E-state index contributed by atoms with van der Waals surface area (Å²) in [6.45, 7) is 12.7. The Morgan fingerprint density at radius 1 is 1.26 bits per heavy atom. The maximum atomic E-state index is 13.0. The van der Waals surface area contributed by atoms with Crippen molar-refractivity contribution in [3.8, 4) is 0 Å². The van der Waals surface area contributed by atoms with E-state index in [2.05, 4.69) is 6.58 Å². The smallest absolute Gasteiger partial charge is 0.314 e. The fourth-order valence-corrected chi connectivity index (χ4v) is 4.08. The minimum Gasteiger partial charge on any atom is -0.463 e. The number of rotatable bonds is 9. The van der Waals surface area contributed by atoms with Crippen molar-refractivity contribution in [1.29, 1.82) is 0 Å². The number of fused-ring (bicyclic) bond motifs is 1. The van der Waals surface area contributed by atoms with Gasteiger partial charge in [-0.2, -0.15) is 0 Å². The molecule has 5 unspecified atom stereocenters. The number of carbonyl (C=O) groups excluding carboxylic acids is 3. The highest BCUT2D eigenvalue weighted by atomic mass is 16.7. The van der Waals surface area contributed by atoms with E-state index < -0.39 is 24.3 Å². The van der Waals surface area contributed by atoms with Gasteiger partial charge in [0.05, 0.1) is 18.3 Å². The van der Waals surface area contributed by atoms with Gasteiger partial charge in [0, 0.05) is 38.2 Å². The van der Waals surface area contributed by atoms with Crippen LogP contribution >= 0.6 is 0 Å². The van der Waals surface area contributed by atoms with Crippen LogP contribution in [0.1, 0.15) is 66.7 Å². The van der Waals surface area contributed by atoms with Crippen LogP contribution in [0.5, 0.6) is 0 Å². The molecule has 0 aliphatic carbocycles. The lowest BCUT2D eigenvalue weighted by atomic mass is 9.73. The summed E-state index contributed by atoms with van der Waals surface area (Å²) < 4.78 is 21.8. The zero-order chi connectivity index (χ0) is 23.1. The van der Waals surface area contributed by atoms with Crippen LogP contribution in [0.25, 0.3) is 0 Å². The number of cyclic esters (lactones) is 1. The largest absolute Gasteiger partial charge is 0.463 e. The first kappa shape index (κ1) is 24.7. The Bertz CT molecular complexity index is 760. The van der Waals surface area contributed by atoms with E-state index in [4.69, 9.17) is 18.9 Å². The van der Waals surface area contributed by atoms with E-state index in [0.29, 0.717) is 25.7 Å². The zero-order valence-corrected chi connectivity index (χ0v) is 19.1. The minimum absolute atomic E-state index is 0.191. The zero-order valence-electron chi connectivity index (χ0n) is 19.1. The number of carbonyl (C=O) groups is 3. The van der Waals surface area contributed by atoms with Gasteiger partial charge in [-0.05, 0) is 40.0 Å². The molecular formula is C24H34O7. The van der Waals surface area contributed by atoms with Crippen LogP contribution in [0.15, 0.2) is 35.6 Å². The van der Waals surface area contributed by atoms with Crippen molar-refractivity contribution in [2.45, 2.75) is 85.2 Å². The van der Waals surface area contributed by atoms with Gasteiger partial charge in [0.25, 0.3) is 0 Å². The van der Waals surface area contributed by atoms with Gasteiger partial charge in [-0.1, -0.05) is 23.8 Å². The van der Waals surface area contributed by atoms with Crippen LogP contribution in [-0.2, 0) is 33.3 Å². The lowest BCUT2D eigenvalue weighted by molar-refractivity contribution is -0.177. The van der Waals surface area contributed by atoms with E-state index in [1.54, 1.807) is 6.26 Å². The van der Waals surface area contributed by atoms with Crippen LogP contribution in [0.4, 0.5) is 0 Å². The van der Waals surface area contributed by atoms with Gasteiger partial charge >= 0.3 is 17.9 Å². The predicted octanol–water partition coefficient (Wildman–Crippen LogP) is 4.37. The third-order valence-electron chi connectivity index (χ3n) is 5.47. The van der Waals surface area contributed by atoms with Crippen molar-refractivity contribution in [1.82, 2.24) is 0 Å². The fourth-order valence-electron chi connectivity index (χ4n) is 4.08. The molecular weight excluding hydrogens is 400 g/mol. The molecule has 0 aromatic carbocycles. The van der Waals surface area contributed by atoms with E-state index in [1.807, 2.05) is 26.8 Å². The van der Waals surface area contributed by atoms with E-state index in [1.165, 1.54) is 13.8 Å². The summed E-state index contributed by atoms with van der Waals surface area (Å²) >= 11 is 0. The normalized spacial score (nSPS) is 25.7. The first-order valence-electron chi connectivity index (χ1n) is 10.8. The summed E-state index contributed by atoms with van der Waals surface area (Å²) in [6, 6.07) is 0. The second-order valence-electron chi connectivity index (χ2n) is 8.53. The lowest BCUT2D eigenvalue weighted by Gasteiger charge is -2.41. The van der Waals surface area contributed by atoms with Crippen LogP contribution in [0.3, 0.4) is 0 Å². The molecule has 0 spiro atoms. The third-order valence-corrected chi connectivity index (χ3v) is 5.47. The molecule has 31 heavy (non-hydrogen) atoms. The molecule has 0 radical (unpaired) electrons. The first-order valence-corrected chi connectivity index (χ1v) is 10.8. The Kier molecular flexibility index (Phi) is 8.89. The highest BCUT2D eigenvalue weighted by Crippen LogP contribution is 2.43. The second-order valence-corrected chi connectivity index (χ2v) is 8.53. The maximum absolute atomic E-state index is 13.0. The van der Waals surface area contributed by atoms with E-state index in [0.717, 1.165) is 23.1 Å². The molecule has 7 heteroatoms. The molecule has 0 amide bonds. The average Bonchev–Trinajstić information content (AvgIpc) is 2.64. The standard InChI is InChI=1S/C24H34O7/c1-14(2)10-11-21-20-13-28-22(30-18(6)26)12-19(20)23(24(27)31-21)15(3)8-7-9-16(4)29-17(5)25/h10,13,16,19,21-23H,3,7-9,11-12H2,1-2,4-6H3. The number of esters is 3. The van der Waals surface area contributed by atoms with Gasteiger partial charge in [-0.25, -0.2) is 0 Å². The summed E-state index contributed by atoms with van der Waals surface area (Å²) in [5, 5.41) is 0. The second kappa shape index (κ2) is 11.2. The van der Waals surface area contributed by atoms with Crippen molar-refractivity contribution >= 4 is 17.9 Å². The molecule has 2 aliphatic heterocycles. The summed E-state index contributed by atoms with van der Waals surface area (Å²) in [6.07, 6.45) is 5.23. The van der Waals surface area contributed by atoms with Crippen molar-refractivity contribution in [2.75, 3.05) is 0 Å². The van der Waals surface area contributed by atoms with E-state index in [9.17, 15) is 14.4 Å². The molecule has 172 valence electrons. The van der Waals surface area contributed by atoms with Gasteiger partial charge in [0.1, 0.15) is 6.10 Å². The SMILES string of the molecule is C=C(CCCC(C)OC(C)=O)C1C(=O)OC(CC=C(C)C)C2=COC(OC(C)=O)CC21. The Morgan fingerprint density at radius 2 is 1.97 bits per heavy atom. The van der Waals surface area contributed by atoms with Gasteiger partial charge in [-0.3, -0.25) is 14.4 Å². The molecule has 0 aromatic heterocycles. The van der Waals surface area contributed by atoms with Crippen molar-refractivity contribution in [2.24, 2.45) is 11.8 Å². The Balaban J connectivity index is 2.13. The van der Waals surface area contributed by atoms with Crippen molar-refractivity contribution in [3.05, 3.63) is 35.6 Å². The fraction of sp³-hybridized carbons (Fsp3) is 0.625. The summed E-state index contributed by atoms with van der Waals surface area (Å²) in [5.74, 6) is -1.78. The topological polar surface area (TPSA) is 88.1 Å². The van der Waals surface area contributed by atoms with Gasteiger partial charge in [-0.15, -0.1) is 0 Å².